The van der Waals surface area contributed by atoms with Gasteiger partial charge in [-0.05, 0) is 98.4 Å². The Labute approximate surface area is 364 Å². The molecule has 2 aromatic heterocycles. The maximum absolute atomic E-state index is 6.86. The maximum Gasteiger partial charge on any atom is 0.143 e. The Morgan fingerprint density at radius 2 is 1.08 bits per heavy atom. The second-order valence-electron chi connectivity index (χ2n) is 16.8. The SMILES string of the molecule is C1=CC(N(c2cccc(-n3c4ccccc4c4ccccc43)c2)c2ccccc2-c2cccc3c2oc2cc4ccccc4cc23)CC=C1c1cccc2c1ccc1ccccc12. The molecular formula is C60H40N2O. The average molecular weight is 805 g/mol. The lowest BCUT2D eigenvalue weighted by Crippen LogP contribution is -2.30. The monoisotopic (exact) mass is 804 g/mol. The predicted molar refractivity (Wildman–Crippen MR) is 267 cm³/mol. The number of hydrogen-bond donors (Lipinski definition) is 0. The Kier molecular flexibility index (Phi) is 8.04. The van der Waals surface area contributed by atoms with Gasteiger partial charge in [-0.2, -0.15) is 0 Å². The molecule has 0 fully saturated rings. The molecule has 1 aliphatic rings. The first-order chi connectivity index (χ1) is 31.2. The Morgan fingerprint density at radius 1 is 0.444 bits per heavy atom. The van der Waals surface area contributed by atoms with Crippen LogP contribution in [0.1, 0.15) is 12.0 Å². The number of furan rings is 1. The van der Waals surface area contributed by atoms with Gasteiger partial charge >= 0.3 is 0 Å². The van der Waals surface area contributed by atoms with Gasteiger partial charge in [0.25, 0.3) is 0 Å². The van der Waals surface area contributed by atoms with E-state index in [1.165, 1.54) is 65.3 Å². The molecule has 0 radical (unpaired) electrons. The van der Waals surface area contributed by atoms with Crippen LogP contribution in [-0.4, -0.2) is 10.6 Å². The van der Waals surface area contributed by atoms with Gasteiger partial charge in [0.05, 0.1) is 17.1 Å². The first-order valence-corrected chi connectivity index (χ1v) is 21.9. The number of para-hydroxylation sites is 4. The number of rotatable bonds is 6. The zero-order valence-electron chi connectivity index (χ0n) is 34.4. The molecular weight excluding hydrogens is 765 g/mol. The summed E-state index contributed by atoms with van der Waals surface area (Å²) in [4.78, 5) is 2.54. The van der Waals surface area contributed by atoms with Crippen LogP contribution in [0.3, 0.4) is 0 Å². The van der Waals surface area contributed by atoms with E-state index in [0.717, 1.165) is 56.5 Å². The van der Waals surface area contributed by atoms with Crippen molar-refractivity contribution in [3.63, 3.8) is 0 Å². The van der Waals surface area contributed by atoms with Gasteiger partial charge in [0.2, 0.25) is 0 Å². The van der Waals surface area contributed by atoms with Gasteiger partial charge in [0.15, 0.2) is 0 Å². The predicted octanol–water partition coefficient (Wildman–Crippen LogP) is 16.4. The fourth-order valence-electron chi connectivity index (χ4n) is 10.4. The van der Waals surface area contributed by atoms with Crippen molar-refractivity contribution >= 4 is 93.0 Å². The van der Waals surface area contributed by atoms with Gasteiger partial charge in [-0.1, -0.05) is 176 Å². The molecule has 0 spiro atoms. The third-order valence-electron chi connectivity index (χ3n) is 13.3. The van der Waals surface area contributed by atoms with Crippen molar-refractivity contribution in [2.45, 2.75) is 12.5 Å². The van der Waals surface area contributed by atoms with Crippen molar-refractivity contribution in [3.8, 4) is 16.8 Å². The number of hydrogen-bond acceptors (Lipinski definition) is 2. The number of anilines is 2. The van der Waals surface area contributed by atoms with E-state index in [2.05, 4.69) is 234 Å². The minimum atomic E-state index is 0.0271. The van der Waals surface area contributed by atoms with E-state index in [1.54, 1.807) is 0 Å². The second-order valence-corrected chi connectivity index (χ2v) is 16.8. The molecule has 1 unspecified atom stereocenters. The van der Waals surface area contributed by atoms with Crippen LogP contribution < -0.4 is 4.90 Å². The highest BCUT2D eigenvalue weighted by Gasteiger charge is 2.26. The van der Waals surface area contributed by atoms with Crippen LogP contribution in [0.2, 0.25) is 0 Å². The lowest BCUT2D eigenvalue weighted by Gasteiger charge is -2.35. The summed E-state index contributed by atoms with van der Waals surface area (Å²) in [5.41, 5.74) is 12.3. The van der Waals surface area contributed by atoms with E-state index in [-0.39, 0.29) is 6.04 Å². The summed E-state index contributed by atoms with van der Waals surface area (Å²) in [7, 11) is 0. The molecule has 10 aromatic carbocycles. The normalized spacial score (nSPS) is 14.2. The number of nitrogens with zero attached hydrogens (tertiary/aromatic N) is 2. The summed E-state index contributed by atoms with van der Waals surface area (Å²) in [5.74, 6) is 0. The molecule has 0 saturated carbocycles. The van der Waals surface area contributed by atoms with Crippen molar-refractivity contribution in [2.24, 2.45) is 0 Å². The smallest absolute Gasteiger partial charge is 0.143 e. The number of aromatic nitrogens is 1. The van der Waals surface area contributed by atoms with E-state index in [0.29, 0.717) is 0 Å². The zero-order valence-corrected chi connectivity index (χ0v) is 34.4. The van der Waals surface area contributed by atoms with Crippen molar-refractivity contribution in [1.82, 2.24) is 4.57 Å². The van der Waals surface area contributed by atoms with Gasteiger partial charge in [-0.3, -0.25) is 0 Å². The number of fused-ring (bicyclic) bond motifs is 10. The third-order valence-corrected chi connectivity index (χ3v) is 13.3. The second kappa shape index (κ2) is 14.2. The van der Waals surface area contributed by atoms with Crippen LogP contribution >= 0.6 is 0 Å². The number of allylic oxidation sites excluding steroid dienone is 2. The molecule has 2 heterocycles. The molecule has 296 valence electrons. The molecule has 13 rings (SSSR count). The highest BCUT2D eigenvalue weighted by Crippen LogP contribution is 2.45. The lowest BCUT2D eigenvalue weighted by atomic mass is 9.90. The van der Waals surface area contributed by atoms with E-state index < -0.39 is 0 Å². The Morgan fingerprint density at radius 3 is 1.87 bits per heavy atom. The van der Waals surface area contributed by atoms with Gasteiger partial charge in [0, 0.05) is 49.7 Å². The molecule has 1 aliphatic carbocycles. The van der Waals surface area contributed by atoms with Crippen molar-refractivity contribution in [1.29, 1.82) is 0 Å². The van der Waals surface area contributed by atoms with Gasteiger partial charge in [-0.25, -0.2) is 0 Å². The third kappa shape index (κ3) is 5.67. The standard InChI is InChI=1S/C60H40N2O/c1-2-16-42-37-59-55(36-41(42)15-1)54-26-13-25-53(60(54)63-59)52-22-7-8-27-56(52)61(44-17-11-18-45(38-44)62-57-28-9-5-20-50(57)51-21-6-10-29-58(51)62)43-33-30-40(31-34-43)47-23-12-24-48-46-19-4-3-14-39(46)32-35-49(47)48/h1-33,35-38,43H,34H2. The summed E-state index contributed by atoms with van der Waals surface area (Å²) < 4.78 is 9.27. The molecule has 1 atom stereocenters. The lowest BCUT2D eigenvalue weighted by molar-refractivity contribution is 0.670. The topological polar surface area (TPSA) is 21.3 Å². The van der Waals surface area contributed by atoms with Crippen LogP contribution in [0.4, 0.5) is 11.4 Å². The summed E-state index contributed by atoms with van der Waals surface area (Å²) in [5, 5.41) is 12.3. The van der Waals surface area contributed by atoms with Crippen LogP contribution in [0, 0.1) is 0 Å². The first-order valence-electron chi connectivity index (χ1n) is 21.9. The molecule has 3 heteroatoms. The average Bonchev–Trinajstić information content (AvgIpc) is 3.89. The fourth-order valence-corrected chi connectivity index (χ4v) is 10.4. The molecule has 3 nitrogen and oxygen atoms in total. The van der Waals surface area contributed by atoms with Gasteiger partial charge < -0.3 is 13.9 Å². The maximum atomic E-state index is 6.86. The Balaban J connectivity index is 0.984. The molecule has 0 amide bonds. The Bertz CT molecular complexity index is 3810. The van der Waals surface area contributed by atoms with Crippen molar-refractivity contribution in [2.75, 3.05) is 4.90 Å². The molecule has 63 heavy (non-hydrogen) atoms. The van der Waals surface area contributed by atoms with E-state index in [9.17, 15) is 0 Å². The highest BCUT2D eigenvalue weighted by atomic mass is 16.3. The Hall–Kier alpha value is -8.14. The van der Waals surface area contributed by atoms with Gasteiger partial charge in [-0.15, -0.1) is 0 Å². The molecule has 12 aromatic rings. The molecule has 0 aliphatic heterocycles. The largest absolute Gasteiger partial charge is 0.455 e. The van der Waals surface area contributed by atoms with Gasteiger partial charge in [0.1, 0.15) is 11.2 Å². The van der Waals surface area contributed by atoms with Crippen LogP contribution in [0.5, 0.6) is 0 Å². The molecule has 0 bridgehead atoms. The summed E-state index contributed by atoms with van der Waals surface area (Å²) in [6.45, 7) is 0. The van der Waals surface area contributed by atoms with E-state index in [4.69, 9.17) is 4.42 Å². The number of benzene rings is 10. The van der Waals surface area contributed by atoms with Crippen molar-refractivity contribution in [3.05, 3.63) is 230 Å². The highest BCUT2D eigenvalue weighted by molar-refractivity contribution is 6.15. The summed E-state index contributed by atoms with van der Waals surface area (Å²) in [6.07, 6.45) is 8.01. The minimum Gasteiger partial charge on any atom is -0.455 e. The molecule has 0 saturated heterocycles. The fraction of sp³-hybridized carbons (Fsp3) is 0.0333. The summed E-state index contributed by atoms with van der Waals surface area (Å²) in [6, 6.07) is 75.0. The minimum absolute atomic E-state index is 0.0271. The van der Waals surface area contributed by atoms with Crippen LogP contribution in [-0.2, 0) is 0 Å². The zero-order chi connectivity index (χ0) is 41.4. The molecule has 0 N–H and O–H groups in total. The van der Waals surface area contributed by atoms with E-state index in [1.807, 2.05) is 0 Å². The van der Waals surface area contributed by atoms with Crippen LogP contribution in [0.15, 0.2) is 229 Å². The first kappa shape index (κ1) is 35.6. The summed E-state index contributed by atoms with van der Waals surface area (Å²) >= 11 is 0. The van der Waals surface area contributed by atoms with Crippen LogP contribution in [0.25, 0.3) is 98.4 Å². The van der Waals surface area contributed by atoms with Crippen molar-refractivity contribution < 1.29 is 4.42 Å². The van der Waals surface area contributed by atoms with E-state index >= 15 is 0 Å². The quantitative estimate of drug-likeness (QED) is 0.156.